The first-order valence-corrected chi connectivity index (χ1v) is 5.95. The number of aryl methyl sites for hydroxylation is 2. The number of nitrogens with zero attached hydrogens (tertiary/aromatic N) is 3. The Kier molecular flexibility index (Phi) is 3.23. The topological polar surface area (TPSA) is 51.9 Å². The SMILES string of the molecule is CC(C)NC(=O)c1cc(-c2cccn2C)nn1C. The van der Waals surface area contributed by atoms with Gasteiger partial charge in [-0.3, -0.25) is 9.48 Å². The van der Waals surface area contributed by atoms with Crippen molar-refractivity contribution in [3.63, 3.8) is 0 Å². The molecule has 1 N–H and O–H groups in total. The van der Waals surface area contributed by atoms with Crippen LogP contribution in [0.2, 0.25) is 0 Å². The molecular formula is C13H18N4O. The molecule has 0 aliphatic rings. The van der Waals surface area contributed by atoms with Crippen LogP contribution in [0.15, 0.2) is 24.4 Å². The molecule has 0 spiro atoms. The maximum atomic E-state index is 12.0. The van der Waals surface area contributed by atoms with Crippen LogP contribution in [0.4, 0.5) is 0 Å². The van der Waals surface area contributed by atoms with Gasteiger partial charge in [0.25, 0.3) is 5.91 Å². The summed E-state index contributed by atoms with van der Waals surface area (Å²) in [7, 11) is 3.74. The van der Waals surface area contributed by atoms with Crippen LogP contribution in [-0.4, -0.2) is 26.3 Å². The van der Waals surface area contributed by atoms with Gasteiger partial charge in [-0.1, -0.05) is 0 Å². The van der Waals surface area contributed by atoms with Gasteiger partial charge < -0.3 is 9.88 Å². The number of nitrogens with one attached hydrogen (secondary N) is 1. The van der Waals surface area contributed by atoms with Crippen LogP contribution in [0.25, 0.3) is 11.4 Å². The van der Waals surface area contributed by atoms with E-state index in [9.17, 15) is 4.79 Å². The smallest absolute Gasteiger partial charge is 0.269 e. The quantitative estimate of drug-likeness (QED) is 0.893. The summed E-state index contributed by atoms with van der Waals surface area (Å²) in [6, 6.07) is 5.86. The highest BCUT2D eigenvalue weighted by molar-refractivity contribution is 5.93. The molecule has 0 atom stereocenters. The monoisotopic (exact) mass is 246 g/mol. The summed E-state index contributed by atoms with van der Waals surface area (Å²) >= 11 is 0. The van der Waals surface area contributed by atoms with Gasteiger partial charge in [0, 0.05) is 26.3 Å². The van der Waals surface area contributed by atoms with Crippen molar-refractivity contribution in [1.29, 1.82) is 0 Å². The molecule has 2 aromatic rings. The Morgan fingerprint density at radius 3 is 2.67 bits per heavy atom. The first-order valence-electron chi connectivity index (χ1n) is 5.95. The van der Waals surface area contributed by atoms with Crippen molar-refractivity contribution in [2.45, 2.75) is 19.9 Å². The zero-order chi connectivity index (χ0) is 13.3. The number of carbonyl (C=O) groups is 1. The molecule has 0 fully saturated rings. The van der Waals surface area contributed by atoms with E-state index >= 15 is 0 Å². The van der Waals surface area contributed by atoms with E-state index in [4.69, 9.17) is 0 Å². The van der Waals surface area contributed by atoms with Crippen molar-refractivity contribution in [2.75, 3.05) is 0 Å². The largest absolute Gasteiger partial charge is 0.349 e. The normalized spacial score (nSPS) is 10.9. The van der Waals surface area contributed by atoms with Crippen LogP contribution in [0, 0.1) is 0 Å². The first-order chi connectivity index (χ1) is 8.49. The molecule has 2 rings (SSSR count). The molecule has 2 aromatic heterocycles. The summed E-state index contributed by atoms with van der Waals surface area (Å²) in [5.74, 6) is -0.0968. The summed E-state index contributed by atoms with van der Waals surface area (Å²) in [5.41, 5.74) is 2.37. The Bertz CT molecular complexity index is 565. The number of carbonyl (C=O) groups excluding carboxylic acids is 1. The van der Waals surface area contributed by atoms with E-state index in [1.165, 1.54) is 0 Å². The molecule has 18 heavy (non-hydrogen) atoms. The molecule has 0 aliphatic heterocycles. The third-order valence-electron chi connectivity index (χ3n) is 2.74. The highest BCUT2D eigenvalue weighted by Crippen LogP contribution is 2.18. The van der Waals surface area contributed by atoms with Crippen LogP contribution in [0.3, 0.4) is 0 Å². The van der Waals surface area contributed by atoms with Gasteiger partial charge in [-0.25, -0.2) is 0 Å². The molecule has 0 aliphatic carbocycles. The fourth-order valence-electron chi connectivity index (χ4n) is 1.87. The molecule has 0 radical (unpaired) electrons. The summed E-state index contributed by atoms with van der Waals surface area (Å²) in [6.07, 6.45) is 1.96. The maximum absolute atomic E-state index is 12.0. The van der Waals surface area contributed by atoms with E-state index in [2.05, 4.69) is 10.4 Å². The van der Waals surface area contributed by atoms with E-state index in [1.54, 1.807) is 11.7 Å². The minimum absolute atomic E-state index is 0.0968. The number of hydrogen-bond acceptors (Lipinski definition) is 2. The lowest BCUT2D eigenvalue weighted by Gasteiger charge is -2.07. The van der Waals surface area contributed by atoms with Gasteiger partial charge in [-0.15, -0.1) is 0 Å². The van der Waals surface area contributed by atoms with E-state index < -0.39 is 0 Å². The second kappa shape index (κ2) is 4.68. The van der Waals surface area contributed by atoms with Gasteiger partial charge in [-0.05, 0) is 32.0 Å². The molecule has 96 valence electrons. The second-order valence-electron chi connectivity index (χ2n) is 4.67. The van der Waals surface area contributed by atoms with E-state index in [1.807, 2.05) is 49.9 Å². The van der Waals surface area contributed by atoms with E-state index in [0.717, 1.165) is 11.4 Å². The van der Waals surface area contributed by atoms with Gasteiger partial charge in [-0.2, -0.15) is 5.10 Å². The minimum atomic E-state index is -0.0968. The Morgan fingerprint density at radius 2 is 2.11 bits per heavy atom. The number of aromatic nitrogens is 3. The molecule has 2 heterocycles. The van der Waals surface area contributed by atoms with Crippen molar-refractivity contribution in [3.8, 4) is 11.4 Å². The van der Waals surface area contributed by atoms with Crippen LogP contribution >= 0.6 is 0 Å². The van der Waals surface area contributed by atoms with Crippen molar-refractivity contribution in [3.05, 3.63) is 30.1 Å². The van der Waals surface area contributed by atoms with Gasteiger partial charge in [0.2, 0.25) is 0 Å². The number of amides is 1. The van der Waals surface area contributed by atoms with Gasteiger partial charge in [0.1, 0.15) is 11.4 Å². The molecular weight excluding hydrogens is 228 g/mol. The zero-order valence-corrected chi connectivity index (χ0v) is 11.1. The summed E-state index contributed by atoms with van der Waals surface area (Å²) in [4.78, 5) is 12.0. The first kappa shape index (κ1) is 12.4. The standard InChI is InChI=1S/C13H18N4O/c1-9(2)14-13(18)12-8-10(15-17(12)4)11-6-5-7-16(11)3/h5-9H,1-4H3,(H,14,18). The van der Waals surface area contributed by atoms with Crippen LogP contribution in [0.5, 0.6) is 0 Å². The Labute approximate surface area is 106 Å². The van der Waals surface area contributed by atoms with Gasteiger partial charge >= 0.3 is 0 Å². The fourth-order valence-corrected chi connectivity index (χ4v) is 1.87. The van der Waals surface area contributed by atoms with Gasteiger partial charge in [0.15, 0.2) is 0 Å². The molecule has 0 unspecified atom stereocenters. The lowest BCUT2D eigenvalue weighted by atomic mass is 10.2. The van der Waals surface area contributed by atoms with Crippen molar-refractivity contribution in [2.24, 2.45) is 14.1 Å². The average Bonchev–Trinajstić information content (AvgIpc) is 2.83. The van der Waals surface area contributed by atoms with E-state index in [0.29, 0.717) is 5.69 Å². The average molecular weight is 246 g/mol. The van der Waals surface area contributed by atoms with Gasteiger partial charge in [0.05, 0.1) is 5.69 Å². The Hall–Kier alpha value is -2.04. The molecule has 0 aromatic carbocycles. The van der Waals surface area contributed by atoms with Crippen LogP contribution in [0.1, 0.15) is 24.3 Å². The lowest BCUT2D eigenvalue weighted by molar-refractivity contribution is 0.0933. The van der Waals surface area contributed by atoms with Crippen molar-refractivity contribution in [1.82, 2.24) is 19.7 Å². The second-order valence-corrected chi connectivity index (χ2v) is 4.67. The molecule has 0 saturated heterocycles. The Balaban J connectivity index is 2.33. The van der Waals surface area contributed by atoms with E-state index in [-0.39, 0.29) is 11.9 Å². The molecule has 5 nitrogen and oxygen atoms in total. The summed E-state index contributed by atoms with van der Waals surface area (Å²) in [5, 5.41) is 7.24. The third kappa shape index (κ3) is 2.30. The predicted molar refractivity (Wildman–Crippen MR) is 70.2 cm³/mol. The molecule has 0 bridgehead atoms. The van der Waals surface area contributed by atoms with Crippen LogP contribution in [-0.2, 0) is 14.1 Å². The zero-order valence-electron chi connectivity index (χ0n) is 11.1. The van der Waals surface area contributed by atoms with Crippen molar-refractivity contribution >= 4 is 5.91 Å². The van der Waals surface area contributed by atoms with Crippen LogP contribution < -0.4 is 5.32 Å². The molecule has 5 heteroatoms. The fraction of sp³-hybridized carbons (Fsp3) is 0.385. The minimum Gasteiger partial charge on any atom is -0.349 e. The number of rotatable bonds is 3. The molecule has 0 saturated carbocycles. The highest BCUT2D eigenvalue weighted by Gasteiger charge is 2.15. The predicted octanol–water partition coefficient (Wildman–Crippen LogP) is 1.56. The summed E-state index contributed by atoms with van der Waals surface area (Å²) in [6.45, 7) is 3.87. The highest BCUT2D eigenvalue weighted by atomic mass is 16.2. The Morgan fingerprint density at radius 1 is 1.39 bits per heavy atom. The molecule has 1 amide bonds. The van der Waals surface area contributed by atoms with Crippen molar-refractivity contribution < 1.29 is 4.79 Å². The number of hydrogen-bond donors (Lipinski definition) is 1. The third-order valence-corrected chi connectivity index (χ3v) is 2.74. The lowest BCUT2D eigenvalue weighted by Crippen LogP contribution is -2.31. The summed E-state index contributed by atoms with van der Waals surface area (Å²) < 4.78 is 3.59. The maximum Gasteiger partial charge on any atom is 0.269 e.